The Morgan fingerprint density at radius 1 is 1.53 bits per heavy atom. The first kappa shape index (κ1) is 12.3. The smallest absolute Gasteiger partial charge is 0.226 e. The first-order valence-corrected chi connectivity index (χ1v) is 5.57. The molecule has 0 bridgehead atoms. The summed E-state index contributed by atoms with van der Waals surface area (Å²) in [5.74, 6) is 4.22. The van der Waals surface area contributed by atoms with Crippen LogP contribution in [-0.4, -0.2) is 29.2 Å². The first-order valence-electron chi connectivity index (χ1n) is 5.19. The molecule has 3 N–H and O–H groups in total. The minimum Gasteiger partial charge on any atom is -0.348 e. The molecule has 1 aliphatic heterocycles. The highest BCUT2D eigenvalue weighted by Crippen LogP contribution is 2.29. The summed E-state index contributed by atoms with van der Waals surface area (Å²) >= 11 is 5.67. The van der Waals surface area contributed by atoms with Gasteiger partial charge >= 0.3 is 0 Å². The van der Waals surface area contributed by atoms with E-state index < -0.39 is 12.5 Å². The van der Waals surface area contributed by atoms with Crippen molar-refractivity contribution in [3.63, 3.8) is 0 Å². The molecule has 8 heteroatoms. The number of nitrogens with one attached hydrogen (secondary N) is 1. The number of hydrogen-bond acceptors (Lipinski definition) is 5. The molecule has 0 aliphatic carbocycles. The normalized spacial score (nSPS) is 19.8. The van der Waals surface area contributed by atoms with Gasteiger partial charge in [0.25, 0.3) is 0 Å². The second-order valence-electron chi connectivity index (χ2n) is 3.77. The van der Waals surface area contributed by atoms with Crippen molar-refractivity contribution in [2.75, 3.05) is 23.5 Å². The van der Waals surface area contributed by atoms with Gasteiger partial charge in [-0.15, -0.1) is 0 Å². The van der Waals surface area contributed by atoms with Crippen LogP contribution in [0.4, 0.5) is 20.4 Å². The summed E-state index contributed by atoms with van der Waals surface area (Å²) in [5, 5.41) is -0.126. The van der Waals surface area contributed by atoms with Crippen LogP contribution in [0.25, 0.3) is 0 Å². The van der Waals surface area contributed by atoms with Crippen LogP contribution in [0.1, 0.15) is 12.8 Å². The molecular formula is C9H12ClF2N5. The van der Waals surface area contributed by atoms with E-state index in [4.69, 9.17) is 17.4 Å². The topological polar surface area (TPSA) is 67.1 Å². The number of nitrogens with two attached hydrogens (primary N) is 1. The van der Waals surface area contributed by atoms with Gasteiger partial charge in [0, 0.05) is 6.54 Å². The quantitative estimate of drug-likeness (QED) is 0.491. The van der Waals surface area contributed by atoms with Crippen molar-refractivity contribution in [2.24, 2.45) is 5.84 Å². The lowest BCUT2D eigenvalue weighted by Crippen LogP contribution is -2.33. The largest absolute Gasteiger partial charge is 0.348 e. The molecule has 94 valence electrons. The van der Waals surface area contributed by atoms with Gasteiger partial charge in [-0.2, -0.15) is 14.4 Å². The Balaban J connectivity index is 2.40. The second-order valence-corrected chi connectivity index (χ2v) is 4.10. The number of rotatable bonds is 3. The molecule has 1 aromatic rings. The van der Waals surface area contributed by atoms with E-state index in [0.29, 0.717) is 13.0 Å². The van der Waals surface area contributed by atoms with Crippen molar-refractivity contribution in [3.05, 3.63) is 11.1 Å². The van der Waals surface area contributed by atoms with Crippen LogP contribution in [0, 0.1) is 5.82 Å². The van der Waals surface area contributed by atoms with E-state index in [0.717, 1.165) is 6.42 Å². The third kappa shape index (κ3) is 2.25. The van der Waals surface area contributed by atoms with Crippen LogP contribution in [0.3, 0.4) is 0 Å². The molecule has 0 spiro atoms. The van der Waals surface area contributed by atoms with Gasteiger partial charge in [-0.3, -0.25) is 0 Å². The molecule has 0 radical (unpaired) electrons. The highest BCUT2D eigenvalue weighted by atomic mass is 35.5. The van der Waals surface area contributed by atoms with Crippen LogP contribution >= 0.6 is 11.6 Å². The van der Waals surface area contributed by atoms with Gasteiger partial charge in [0.2, 0.25) is 11.1 Å². The summed E-state index contributed by atoms with van der Waals surface area (Å²) in [6, 6.07) is -0.360. The number of aromatic nitrogens is 2. The highest BCUT2D eigenvalue weighted by molar-refractivity contribution is 6.28. The molecule has 2 rings (SSSR count). The van der Waals surface area contributed by atoms with Gasteiger partial charge in [-0.05, 0) is 24.4 Å². The van der Waals surface area contributed by atoms with E-state index in [1.165, 1.54) is 0 Å². The Morgan fingerprint density at radius 2 is 2.29 bits per heavy atom. The fourth-order valence-electron chi connectivity index (χ4n) is 1.97. The molecule has 0 unspecified atom stereocenters. The maximum atomic E-state index is 13.9. The van der Waals surface area contributed by atoms with E-state index in [2.05, 4.69) is 15.4 Å². The zero-order chi connectivity index (χ0) is 12.4. The summed E-state index contributed by atoms with van der Waals surface area (Å²) in [7, 11) is 0. The summed E-state index contributed by atoms with van der Waals surface area (Å²) in [4.78, 5) is 8.96. The van der Waals surface area contributed by atoms with E-state index in [1.807, 2.05) is 0 Å². The summed E-state index contributed by atoms with van der Waals surface area (Å²) in [6.07, 6.45) is 1.46. The molecule has 1 aliphatic rings. The Hall–Kier alpha value is -1.21. The van der Waals surface area contributed by atoms with Crippen molar-refractivity contribution >= 4 is 23.2 Å². The van der Waals surface area contributed by atoms with Crippen LogP contribution in [0.2, 0.25) is 5.28 Å². The van der Waals surface area contributed by atoms with Gasteiger partial charge in [0.1, 0.15) is 6.67 Å². The Bertz CT molecular complexity index is 417. The molecular weight excluding hydrogens is 252 g/mol. The van der Waals surface area contributed by atoms with Crippen molar-refractivity contribution in [1.29, 1.82) is 0 Å². The van der Waals surface area contributed by atoms with Crippen LogP contribution < -0.4 is 16.2 Å². The molecule has 1 fully saturated rings. The number of hydrazine groups is 1. The van der Waals surface area contributed by atoms with E-state index in [9.17, 15) is 8.78 Å². The Kier molecular flexibility index (Phi) is 3.58. The monoisotopic (exact) mass is 263 g/mol. The van der Waals surface area contributed by atoms with Crippen molar-refractivity contribution in [3.8, 4) is 0 Å². The SMILES string of the molecule is NNc1nc(Cl)nc(N2CCC[C@@H]2CF)c1F. The van der Waals surface area contributed by atoms with Gasteiger partial charge in [-0.1, -0.05) is 0 Å². The maximum Gasteiger partial charge on any atom is 0.226 e. The van der Waals surface area contributed by atoms with Crippen molar-refractivity contribution in [2.45, 2.75) is 18.9 Å². The number of halogens is 3. The summed E-state index contributed by atoms with van der Waals surface area (Å²) < 4.78 is 26.7. The lowest BCUT2D eigenvalue weighted by molar-refractivity contribution is 0.424. The second kappa shape index (κ2) is 4.97. The van der Waals surface area contributed by atoms with Gasteiger partial charge in [0.05, 0.1) is 6.04 Å². The van der Waals surface area contributed by atoms with Crippen LogP contribution in [0.15, 0.2) is 0 Å². The number of nitrogens with zero attached hydrogens (tertiary/aromatic N) is 3. The Morgan fingerprint density at radius 3 is 2.94 bits per heavy atom. The molecule has 0 aromatic carbocycles. The molecule has 1 aromatic heterocycles. The molecule has 2 heterocycles. The number of anilines is 2. The number of alkyl halides is 1. The average Bonchev–Trinajstić information content (AvgIpc) is 2.79. The highest BCUT2D eigenvalue weighted by Gasteiger charge is 2.29. The van der Waals surface area contributed by atoms with E-state index >= 15 is 0 Å². The molecule has 0 amide bonds. The van der Waals surface area contributed by atoms with E-state index in [-0.39, 0.29) is 23.0 Å². The van der Waals surface area contributed by atoms with Crippen molar-refractivity contribution in [1.82, 2.24) is 9.97 Å². The predicted octanol–water partition coefficient (Wildman–Crippen LogP) is 1.49. The zero-order valence-electron chi connectivity index (χ0n) is 8.96. The molecule has 1 saturated heterocycles. The minimum absolute atomic E-state index is 0.00176. The lowest BCUT2D eigenvalue weighted by Gasteiger charge is -2.24. The molecule has 1 atom stereocenters. The molecule has 0 saturated carbocycles. The Labute approximate surface area is 102 Å². The van der Waals surface area contributed by atoms with E-state index in [1.54, 1.807) is 4.90 Å². The van der Waals surface area contributed by atoms with Gasteiger partial charge in [0.15, 0.2) is 11.6 Å². The third-order valence-electron chi connectivity index (χ3n) is 2.77. The maximum absolute atomic E-state index is 13.9. The minimum atomic E-state index is -0.711. The first-order chi connectivity index (χ1) is 8.17. The third-order valence-corrected chi connectivity index (χ3v) is 2.94. The fraction of sp³-hybridized carbons (Fsp3) is 0.556. The van der Waals surface area contributed by atoms with Crippen molar-refractivity contribution < 1.29 is 8.78 Å². The molecule has 17 heavy (non-hydrogen) atoms. The number of hydrogen-bond donors (Lipinski definition) is 2. The van der Waals surface area contributed by atoms with Crippen LogP contribution in [-0.2, 0) is 0 Å². The fourth-order valence-corrected chi connectivity index (χ4v) is 2.13. The van der Waals surface area contributed by atoms with Gasteiger partial charge in [-0.25, -0.2) is 10.2 Å². The average molecular weight is 264 g/mol. The van der Waals surface area contributed by atoms with Crippen LogP contribution in [0.5, 0.6) is 0 Å². The predicted molar refractivity (Wildman–Crippen MR) is 61.2 cm³/mol. The molecule has 5 nitrogen and oxygen atoms in total. The zero-order valence-corrected chi connectivity index (χ0v) is 9.71. The lowest BCUT2D eigenvalue weighted by atomic mass is 10.2. The standard InChI is InChI=1S/C9H12ClF2N5/c10-9-14-7(16-13)6(12)8(15-9)17-3-1-2-5(17)4-11/h5H,1-4,13H2,(H,14,15,16)/t5-/m1/s1. The summed E-state index contributed by atoms with van der Waals surface area (Å²) in [6.45, 7) is -0.00465. The number of nitrogen functional groups attached to an aromatic ring is 1. The van der Waals surface area contributed by atoms with Gasteiger partial charge < -0.3 is 10.3 Å². The summed E-state index contributed by atoms with van der Waals surface area (Å²) in [5.41, 5.74) is 2.10.